The molecular formula is C37H23N5. The van der Waals surface area contributed by atoms with Gasteiger partial charge in [0.15, 0.2) is 0 Å². The zero-order valence-corrected chi connectivity index (χ0v) is 22.5. The normalized spacial score (nSPS) is 11.3. The Labute approximate surface area is 242 Å². The maximum atomic E-state index is 5.24. The molecule has 4 aromatic heterocycles. The number of rotatable bonds is 4. The average Bonchev–Trinajstić information content (AvgIpc) is 3.08. The fourth-order valence-corrected chi connectivity index (χ4v) is 5.50. The summed E-state index contributed by atoms with van der Waals surface area (Å²) in [6.45, 7) is 0. The second kappa shape index (κ2) is 9.98. The van der Waals surface area contributed by atoms with Crippen LogP contribution in [0.5, 0.6) is 0 Å². The molecule has 0 saturated carbocycles. The Morgan fingerprint density at radius 2 is 0.905 bits per heavy atom. The minimum Gasteiger partial charge on any atom is -0.265 e. The Morgan fingerprint density at radius 3 is 1.62 bits per heavy atom. The lowest BCUT2D eigenvalue weighted by Crippen LogP contribution is -1.98. The predicted octanol–water partition coefficient (Wildman–Crippen LogP) is 8.79. The summed E-state index contributed by atoms with van der Waals surface area (Å²) in [5.74, 6) is 0. The van der Waals surface area contributed by atoms with Gasteiger partial charge in [-0.1, -0.05) is 91.0 Å². The molecule has 8 aromatic rings. The molecule has 4 heterocycles. The number of hydrogen-bond acceptors (Lipinski definition) is 5. The molecule has 0 bridgehead atoms. The van der Waals surface area contributed by atoms with Crippen LogP contribution in [0.25, 0.3) is 77.9 Å². The third kappa shape index (κ3) is 4.16. The Morgan fingerprint density at radius 1 is 0.357 bits per heavy atom. The van der Waals surface area contributed by atoms with E-state index in [0.29, 0.717) is 0 Å². The first-order valence-corrected chi connectivity index (χ1v) is 13.8. The number of fused-ring (bicyclic) bond motifs is 4. The Hall–Kier alpha value is -5.81. The van der Waals surface area contributed by atoms with Crippen molar-refractivity contribution in [2.75, 3.05) is 0 Å². The molecule has 0 aliphatic carbocycles. The molecular weight excluding hydrogens is 514 g/mol. The molecule has 196 valence electrons. The van der Waals surface area contributed by atoms with E-state index in [4.69, 9.17) is 19.9 Å². The third-order valence-corrected chi connectivity index (χ3v) is 7.57. The maximum absolute atomic E-state index is 5.24. The van der Waals surface area contributed by atoms with Crippen molar-refractivity contribution in [2.24, 2.45) is 0 Å². The molecule has 42 heavy (non-hydrogen) atoms. The van der Waals surface area contributed by atoms with Crippen LogP contribution in [0.4, 0.5) is 0 Å². The lowest BCUT2D eigenvalue weighted by molar-refractivity contribution is 1.29. The molecule has 5 nitrogen and oxygen atoms in total. The van der Waals surface area contributed by atoms with Gasteiger partial charge in [-0.25, -0.2) is 19.9 Å². The van der Waals surface area contributed by atoms with Crippen LogP contribution < -0.4 is 0 Å². The first-order chi connectivity index (χ1) is 20.8. The van der Waals surface area contributed by atoms with Crippen LogP contribution in [0.1, 0.15) is 0 Å². The molecule has 0 aliphatic heterocycles. The summed E-state index contributed by atoms with van der Waals surface area (Å²) >= 11 is 0. The van der Waals surface area contributed by atoms with Crippen LogP contribution in [0.2, 0.25) is 0 Å². The van der Waals surface area contributed by atoms with Crippen molar-refractivity contribution < 1.29 is 0 Å². The highest BCUT2D eigenvalue weighted by molar-refractivity contribution is 6.04. The average molecular weight is 538 g/mol. The Bertz CT molecular complexity index is 2250. The highest BCUT2D eigenvalue weighted by Crippen LogP contribution is 2.37. The van der Waals surface area contributed by atoms with Crippen molar-refractivity contribution >= 4 is 32.8 Å². The maximum Gasteiger partial charge on any atom is 0.0979 e. The van der Waals surface area contributed by atoms with Gasteiger partial charge in [0, 0.05) is 45.4 Å². The largest absolute Gasteiger partial charge is 0.265 e. The zero-order valence-electron chi connectivity index (χ0n) is 22.5. The van der Waals surface area contributed by atoms with Crippen LogP contribution in [0, 0.1) is 0 Å². The third-order valence-electron chi connectivity index (χ3n) is 7.57. The quantitative estimate of drug-likeness (QED) is 0.210. The van der Waals surface area contributed by atoms with Gasteiger partial charge in [0.25, 0.3) is 0 Å². The highest BCUT2D eigenvalue weighted by Gasteiger charge is 2.18. The summed E-state index contributed by atoms with van der Waals surface area (Å²) in [4.78, 5) is 24.7. The van der Waals surface area contributed by atoms with Gasteiger partial charge in [0.1, 0.15) is 0 Å². The number of hydrogen-bond donors (Lipinski definition) is 0. The molecule has 0 atom stereocenters. The van der Waals surface area contributed by atoms with E-state index in [-0.39, 0.29) is 0 Å². The molecule has 5 heteroatoms. The van der Waals surface area contributed by atoms with Crippen molar-refractivity contribution in [3.05, 3.63) is 140 Å². The van der Waals surface area contributed by atoms with Gasteiger partial charge in [0.2, 0.25) is 0 Å². The van der Waals surface area contributed by atoms with Gasteiger partial charge in [-0.05, 0) is 36.4 Å². The van der Waals surface area contributed by atoms with Crippen molar-refractivity contribution in [3.63, 3.8) is 0 Å². The SMILES string of the molecule is c1ccc(-c2nc3ccccc3nc2-c2ccccc2-c2ccc3ccc4ccc(-c5ccncc5)nc4c3n2)cc1. The lowest BCUT2D eigenvalue weighted by atomic mass is 9.96. The van der Waals surface area contributed by atoms with E-state index >= 15 is 0 Å². The van der Waals surface area contributed by atoms with E-state index in [0.717, 1.165) is 77.9 Å². The second-order valence-electron chi connectivity index (χ2n) is 10.2. The van der Waals surface area contributed by atoms with E-state index in [1.807, 2.05) is 72.8 Å². The van der Waals surface area contributed by atoms with Crippen LogP contribution >= 0.6 is 0 Å². The number of aromatic nitrogens is 5. The van der Waals surface area contributed by atoms with Crippen molar-refractivity contribution in [1.82, 2.24) is 24.9 Å². The van der Waals surface area contributed by atoms with Gasteiger partial charge >= 0.3 is 0 Å². The summed E-state index contributed by atoms with van der Waals surface area (Å²) in [7, 11) is 0. The first-order valence-electron chi connectivity index (χ1n) is 13.8. The minimum absolute atomic E-state index is 0.827. The van der Waals surface area contributed by atoms with Crippen molar-refractivity contribution in [3.8, 4) is 45.0 Å². The first kappa shape index (κ1) is 24.0. The fraction of sp³-hybridized carbons (Fsp3) is 0. The second-order valence-corrected chi connectivity index (χ2v) is 10.2. The zero-order chi connectivity index (χ0) is 27.9. The van der Waals surface area contributed by atoms with E-state index in [1.165, 1.54) is 0 Å². The van der Waals surface area contributed by atoms with Gasteiger partial charge in [-0.2, -0.15) is 0 Å². The molecule has 8 rings (SSSR count). The Kier molecular flexibility index (Phi) is 5.71. The van der Waals surface area contributed by atoms with Gasteiger partial charge in [-0.15, -0.1) is 0 Å². The smallest absolute Gasteiger partial charge is 0.0979 e. The number of pyridine rings is 3. The van der Waals surface area contributed by atoms with E-state index in [9.17, 15) is 0 Å². The lowest BCUT2D eigenvalue weighted by Gasteiger charge is -2.14. The van der Waals surface area contributed by atoms with Crippen LogP contribution in [0.3, 0.4) is 0 Å². The minimum atomic E-state index is 0.827. The standard InChI is InChI=1S/C37H23N5/c1-2-8-25(9-3-1)36-37(42-33-13-7-6-12-32(33)41-36)29-11-5-4-10-28(29)31-19-17-27-15-14-26-16-18-30(24-20-22-38-23-21-24)39-34(26)35(27)40-31/h1-23H. The number of nitrogens with zero attached hydrogens (tertiary/aromatic N) is 5. The van der Waals surface area contributed by atoms with Crippen molar-refractivity contribution in [2.45, 2.75) is 0 Å². The number of benzene rings is 4. The fourth-order valence-electron chi connectivity index (χ4n) is 5.50. The summed E-state index contributed by atoms with van der Waals surface area (Å²) in [5.41, 5.74) is 10.9. The topological polar surface area (TPSA) is 64.5 Å². The van der Waals surface area contributed by atoms with Crippen LogP contribution in [0.15, 0.2) is 140 Å². The molecule has 4 aromatic carbocycles. The molecule has 0 amide bonds. The summed E-state index contributed by atoms with van der Waals surface area (Å²) < 4.78 is 0. The summed E-state index contributed by atoms with van der Waals surface area (Å²) in [5, 5.41) is 2.09. The molecule has 0 aliphatic rings. The number of para-hydroxylation sites is 2. The van der Waals surface area contributed by atoms with E-state index in [1.54, 1.807) is 12.4 Å². The summed E-state index contributed by atoms with van der Waals surface area (Å²) in [6, 6.07) is 43.1. The van der Waals surface area contributed by atoms with E-state index in [2.05, 4.69) is 59.6 Å². The molecule has 0 fully saturated rings. The Balaban J connectivity index is 1.35. The molecule has 0 unspecified atom stereocenters. The van der Waals surface area contributed by atoms with Crippen LogP contribution in [-0.4, -0.2) is 24.9 Å². The van der Waals surface area contributed by atoms with E-state index < -0.39 is 0 Å². The van der Waals surface area contributed by atoms with Gasteiger partial charge < -0.3 is 0 Å². The predicted molar refractivity (Wildman–Crippen MR) is 170 cm³/mol. The molecule has 0 radical (unpaired) electrons. The van der Waals surface area contributed by atoms with Gasteiger partial charge in [0.05, 0.1) is 44.8 Å². The van der Waals surface area contributed by atoms with Gasteiger partial charge in [-0.3, -0.25) is 4.98 Å². The van der Waals surface area contributed by atoms with Crippen LogP contribution in [-0.2, 0) is 0 Å². The van der Waals surface area contributed by atoms with Crippen molar-refractivity contribution in [1.29, 1.82) is 0 Å². The molecule has 0 saturated heterocycles. The molecule has 0 spiro atoms. The monoisotopic (exact) mass is 537 g/mol. The summed E-state index contributed by atoms with van der Waals surface area (Å²) in [6.07, 6.45) is 3.58. The highest BCUT2D eigenvalue weighted by atomic mass is 14.8. The molecule has 0 N–H and O–H groups in total.